The van der Waals surface area contributed by atoms with Crippen LogP contribution in [0.15, 0.2) is 47.0 Å². The van der Waals surface area contributed by atoms with E-state index in [-0.39, 0.29) is 17.6 Å². The first-order valence-electron chi connectivity index (χ1n) is 10.9. The fourth-order valence-electron chi connectivity index (χ4n) is 4.15. The van der Waals surface area contributed by atoms with Crippen LogP contribution in [0.5, 0.6) is 0 Å². The van der Waals surface area contributed by atoms with Gasteiger partial charge in [-0.3, -0.25) is 4.79 Å². The molecule has 0 radical (unpaired) electrons. The zero-order valence-electron chi connectivity index (χ0n) is 17.6. The second-order valence-corrected chi connectivity index (χ2v) is 8.03. The van der Waals surface area contributed by atoms with E-state index in [0.29, 0.717) is 49.3 Å². The molecule has 8 nitrogen and oxygen atoms in total. The standard InChI is InChI=1S/C23H24FN5O3/c24-18-8-6-16(7-9-18)21-26-22(32-27-21)17-3-2-10-29(15-17)23(30)19-4-1-5-20(25-19)28-11-13-31-14-12-28/h1,4-9,17H,2-3,10-15H2/t17-/m0/s1. The van der Waals surface area contributed by atoms with Gasteiger partial charge in [-0.05, 0) is 49.2 Å². The summed E-state index contributed by atoms with van der Waals surface area (Å²) in [5.74, 6) is 1.26. The fraction of sp³-hybridized carbons (Fsp3) is 0.391. The quantitative estimate of drug-likeness (QED) is 0.620. The molecule has 2 saturated heterocycles. The van der Waals surface area contributed by atoms with Crippen LogP contribution in [-0.2, 0) is 4.74 Å². The van der Waals surface area contributed by atoms with Crippen molar-refractivity contribution >= 4 is 11.7 Å². The summed E-state index contributed by atoms with van der Waals surface area (Å²) in [7, 11) is 0. The van der Waals surface area contributed by atoms with E-state index in [1.807, 2.05) is 12.1 Å². The Kier molecular flexibility index (Phi) is 5.81. The van der Waals surface area contributed by atoms with Crippen molar-refractivity contribution in [2.45, 2.75) is 18.8 Å². The molecule has 0 spiro atoms. The number of hydrogen-bond acceptors (Lipinski definition) is 7. The first kappa shape index (κ1) is 20.6. The lowest BCUT2D eigenvalue weighted by Crippen LogP contribution is -2.40. The number of ether oxygens (including phenoxy) is 1. The highest BCUT2D eigenvalue weighted by atomic mass is 19.1. The van der Waals surface area contributed by atoms with Crippen LogP contribution in [0.4, 0.5) is 10.2 Å². The number of aromatic nitrogens is 3. The van der Waals surface area contributed by atoms with Gasteiger partial charge in [0, 0.05) is 31.7 Å². The topological polar surface area (TPSA) is 84.6 Å². The van der Waals surface area contributed by atoms with Crippen molar-refractivity contribution in [1.29, 1.82) is 0 Å². The number of halogens is 1. The van der Waals surface area contributed by atoms with Crippen molar-refractivity contribution in [3.8, 4) is 11.4 Å². The van der Waals surface area contributed by atoms with E-state index < -0.39 is 0 Å². The van der Waals surface area contributed by atoms with Crippen LogP contribution in [0.2, 0.25) is 0 Å². The Labute approximate surface area is 185 Å². The normalized spacial score (nSPS) is 19.2. The highest BCUT2D eigenvalue weighted by Gasteiger charge is 2.30. The number of piperidine rings is 1. The molecular weight excluding hydrogens is 413 g/mol. The van der Waals surface area contributed by atoms with Crippen molar-refractivity contribution in [3.63, 3.8) is 0 Å². The number of carbonyl (C=O) groups is 1. The van der Waals surface area contributed by atoms with Gasteiger partial charge in [-0.1, -0.05) is 11.2 Å². The van der Waals surface area contributed by atoms with E-state index in [1.54, 1.807) is 23.1 Å². The van der Waals surface area contributed by atoms with Crippen LogP contribution in [0.1, 0.15) is 35.1 Å². The van der Waals surface area contributed by atoms with Crippen molar-refractivity contribution in [2.24, 2.45) is 0 Å². The lowest BCUT2D eigenvalue weighted by Gasteiger charge is -2.31. The summed E-state index contributed by atoms with van der Waals surface area (Å²) >= 11 is 0. The zero-order valence-corrected chi connectivity index (χ0v) is 17.6. The Morgan fingerprint density at radius 1 is 1.03 bits per heavy atom. The number of likely N-dealkylation sites (tertiary alicyclic amines) is 1. The molecular formula is C23H24FN5O3. The van der Waals surface area contributed by atoms with Gasteiger partial charge in [-0.25, -0.2) is 9.37 Å². The van der Waals surface area contributed by atoms with Crippen molar-refractivity contribution in [1.82, 2.24) is 20.0 Å². The van der Waals surface area contributed by atoms with Crippen molar-refractivity contribution in [3.05, 3.63) is 59.9 Å². The van der Waals surface area contributed by atoms with Crippen LogP contribution in [0, 0.1) is 5.82 Å². The molecule has 2 aromatic heterocycles. The Hall–Kier alpha value is -3.33. The summed E-state index contributed by atoms with van der Waals surface area (Å²) in [6.45, 7) is 4.02. The van der Waals surface area contributed by atoms with Gasteiger partial charge >= 0.3 is 0 Å². The average molecular weight is 437 g/mol. The second-order valence-electron chi connectivity index (χ2n) is 8.03. The highest BCUT2D eigenvalue weighted by Crippen LogP contribution is 2.28. The molecule has 0 saturated carbocycles. The van der Waals surface area contributed by atoms with Gasteiger partial charge in [0.1, 0.15) is 17.3 Å². The third-order valence-electron chi connectivity index (χ3n) is 5.89. The van der Waals surface area contributed by atoms with Crippen molar-refractivity contribution in [2.75, 3.05) is 44.3 Å². The molecule has 32 heavy (non-hydrogen) atoms. The molecule has 0 N–H and O–H groups in total. The maximum atomic E-state index is 13.2. The van der Waals surface area contributed by atoms with Crippen molar-refractivity contribution < 1.29 is 18.4 Å². The number of carbonyl (C=O) groups excluding carboxylic acids is 1. The van der Waals surface area contributed by atoms with Gasteiger partial charge < -0.3 is 19.1 Å². The Balaban J connectivity index is 1.29. The number of hydrogen-bond donors (Lipinski definition) is 0. The Bertz CT molecular complexity index is 1080. The molecule has 0 bridgehead atoms. The SMILES string of the molecule is O=C(c1cccc(N2CCOCC2)n1)N1CCC[C@H](c2nc(-c3ccc(F)cc3)no2)C1. The number of nitrogens with zero attached hydrogens (tertiary/aromatic N) is 5. The van der Waals surface area contributed by atoms with E-state index in [1.165, 1.54) is 12.1 Å². The molecule has 1 amide bonds. The summed E-state index contributed by atoms with van der Waals surface area (Å²) in [5.41, 5.74) is 1.13. The zero-order chi connectivity index (χ0) is 21.9. The largest absolute Gasteiger partial charge is 0.378 e. The second kappa shape index (κ2) is 9.04. The van der Waals surface area contributed by atoms with Crippen LogP contribution < -0.4 is 4.90 Å². The summed E-state index contributed by atoms with van der Waals surface area (Å²) < 4.78 is 24.1. The smallest absolute Gasteiger partial charge is 0.272 e. The maximum absolute atomic E-state index is 13.2. The van der Waals surface area contributed by atoms with E-state index in [2.05, 4.69) is 20.0 Å². The number of amides is 1. The average Bonchev–Trinajstić information content (AvgIpc) is 3.35. The molecule has 2 fully saturated rings. The number of pyridine rings is 1. The Morgan fingerprint density at radius 2 is 1.84 bits per heavy atom. The first-order valence-corrected chi connectivity index (χ1v) is 10.9. The predicted molar refractivity (Wildman–Crippen MR) is 115 cm³/mol. The summed E-state index contributed by atoms with van der Waals surface area (Å²) in [4.78, 5) is 26.2. The Morgan fingerprint density at radius 3 is 2.66 bits per heavy atom. The first-order chi connectivity index (χ1) is 15.7. The number of anilines is 1. The number of rotatable bonds is 4. The molecule has 1 atom stereocenters. The molecule has 166 valence electrons. The third-order valence-corrected chi connectivity index (χ3v) is 5.89. The molecule has 2 aliphatic heterocycles. The molecule has 2 aliphatic rings. The fourth-order valence-corrected chi connectivity index (χ4v) is 4.15. The molecule has 0 aliphatic carbocycles. The lowest BCUT2D eigenvalue weighted by atomic mass is 9.97. The molecule has 4 heterocycles. The summed E-state index contributed by atoms with van der Waals surface area (Å²) in [6, 6.07) is 11.5. The lowest BCUT2D eigenvalue weighted by molar-refractivity contribution is 0.0689. The van der Waals surface area contributed by atoms with Crippen LogP contribution in [0.3, 0.4) is 0 Å². The van der Waals surface area contributed by atoms with Gasteiger partial charge in [0.2, 0.25) is 11.7 Å². The molecule has 0 unspecified atom stereocenters. The van der Waals surface area contributed by atoms with Crippen LogP contribution in [0.25, 0.3) is 11.4 Å². The summed E-state index contributed by atoms with van der Waals surface area (Å²) in [5, 5.41) is 4.04. The van der Waals surface area contributed by atoms with Crippen LogP contribution in [-0.4, -0.2) is 65.3 Å². The van der Waals surface area contributed by atoms with E-state index in [4.69, 9.17) is 9.26 Å². The molecule has 9 heteroatoms. The molecule has 1 aromatic carbocycles. The minimum absolute atomic E-state index is 0.0446. The highest BCUT2D eigenvalue weighted by molar-refractivity contribution is 5.92. The predicted octanol–water partition coefficient (Wildman–Crippen LogP) is 3.13. The van der Waals surface area contributed by atoms with E-state index in [9.17, 15) is 9.18 Å². The van der Waals surface area contributed by atoms with E-state index in [0.717, 1.165) is 31.7 Å². The molecule has 5 rings (SSSR count). The van der Waals surface area contributed by atoms with Crippen LogP contribution >= 0.6 is 0 Å². The summed E-state index contributed by atoms with van der Waals surface area (Å²) in [6.07, 6.45) is 1.70. The minimum Gasteiger partial charge on any atom is -0.378 e. The monoisotopic (exact) mass is 437 g/mol. The third kappa shape index (κ3) is 4.34. The van der Waals surface area contributed by atoms with Gasteiger partial charge in [0.15, 0.2) is 0 Å². The maximum Gasteiger partial charge on any atom is 0.272 e. The van der Waals surface area contributed by atoms with Gasteiger partial charge in [-0.2, -0.15) is 4.98 Å². The van der Waals surface area contributed by atoms with Gasteiger partial charge in [0.25, 0.3) is 5.91 Å². The van der Waals surface area contributed by atoms with Gasteiger partial charge in [-0.15, -0.1) is 0 Å². The number of morpholine rings is 1. The van der Waals surface area contributed by atoms with Gasteiger partial charge in [0.05, 0.1) is 19.1 Å². The minimum atomic E-state index is -0.315. The van der Waals surface area contributed by atoms with E-state index >= 15 is 0 Å². The number of benzene rings is 1. The molecule has 3 aromatic rings.